The van der Waals surface area contributed by atoms with E-state index >= 15 is 0 Å². The number of benzene rings is 1. The molecular weight excluding hydrogens is 254 g/mol. The minimum absolute atomic E-state index is 0.182. The summed E-state index contributed by atoms with van der Waals surface area (Å²) in [7, 11) is 0. The molecule has 1 aromatic rings. The van der Waals surface area contributed by atoms with Crippen LogP contribution in [0.5, 0.6) is 0 Å². The van der Waals surface area contributed by atoms with E-state index in [0.717, 1.165) is 26.9 Å². The quantitative estimate of drug-likeness (QED) is 0.817. The molecule has 0 spiro atoms. The van der Waals surface area contributed by atoms with Crippen molar-refractivity contribution in [2.24, 2.45) is 0 Å². The largest absolute Gasteiger partial charge is 0.322 e. The molecule has 0 heterocycles. The number of hydrogen-bond donors (Lipinski definition) is 1. The summed E-state index contributed by atoms with van der Waals surface area (Å²) in [5.74, 6) is -0.182. The van der Waals surface area contributed by atoms with Crippen LogP contribution in [0.25, 0.3) is 0 Å². The topological polar surface area (TPSA) is 29.1 Å². The molecule has 0 saturated carbocycles. The number of amides is 1. The third kappa shape index (κ3) is 2.48. The van der Waals surface area contributed by atoms with Crippen LogP contribution in [0.15, 0.2) is 23.2 Å². The highest BCUT2D eigenvalue weighted by Gasteiger charge is 2.10. The molecule has 0 saturated heterocycles. The van der Waals surface area contributed by atoms with E-state index in [1.807, 2.05) is 26.8 Å². The van der Waals surface area contributed by atoms with E-state index in [9.17, 15) is 4.79 Å². The van der Waals surface area contributed by atoms with Crippen molar-refractivity contribution in [3.63, 3.8) is 0 Å². The van der Waals surface area contributed by atoms with Crippen LogP contribution < -0.4 is 5.32 Å². The lowest BCUT2D eigenvalue weighted by Crippen LogP contribution is -2.10. The van der Waals surface area contributed by atoms with Gasteiger partial charge in [-0.2, -0.15) is 0 Å². The standard InChI is InChI=1S/C12H14BrNO/c1-5-11(15)14-12-8(3)7(2)6-10(13)9(12)4/h5-6H,1H2,2-4H3,(H,14,15). The predicted octanol–water partition coefficient (Wildman–Crippen LogP) is 3.50. The molecule has 0 aromatic heterocycles. The molecule has 0 aliphatic rings. The van der Waals surface area contributed by atoms with Gasteiger partial charge in [0.2, 0.25) is 5.91 Å². The molecule has 1 rings (SSSR count). The monoisotopic (exact) mass is 267 g/mol. The van der Waals surface area contributed by atoms with E-state index < -0.39 is 0 Å². The maximum absolute atomic E-state index is 11.3. The number of halogens is 1. The highest BCUT2D eigenvalue weighted by atomic mass is 79.9. The fourth-order valence-corrected chi connectivity index (χ4v) is 1.91. The lowest BCUT2D eigenvalue weighted by molar-refractivity contribution is -0.111. The Kier molecular flexibility index (Phi) is 3.69. The first-order valence-electron chi connectivity index (χ1n) is 4.67. The Bertz CT molecular complexity index is 398. The summed E-state index contributed by atoms with van der Waals surface area (Å²) in [6, 6.07) is 2.05. The van der Waals surface area contributed by atoms with E-state index in [1.54, 1.807) is 0 Å². The first-order valence-corrected chi connectivity index (χ1v) is 5.46. The molecule has 15 heavy (non-hydrogen) atoms. The van der Waals surface area contributed by atoms with E-state index in [0.29, 0.717) is 0 Å². The van der Waals surface area contributed by atoms with Crippen LogP contribution in [-0.2, 0) is 4.79 Å². The van der Waals surface area contributed by atoms with Gasteiger partial charge < -0.3 is 5.32 Å². The Morgan fingerprint density at radius 3 is 2.53 bits per heavy atom. The fourth-order valence-electron chi connectivity index (χ4n) is 1.37. The van der Waals surface area contributed by atoms with E-state index in [-0.39, 0.29) is 5.91 Å². The SMILES string of the molecule is C=CC(=O)Nc1c(C)c(C)cc(Br)c1C. The molecule has 0 atom stereocenters. The van der Waals surface area contributed by atoms with Crippen LogP contribution in [-0.4, -0.2) is 5.91 Å². The number of rotatable bonds is 2. The highest BCUT2D eigenvalue weighted by molar-refractivity contribution is 9.10. The molecule has 0 unspecified atom stereocenters. The van der Waals surface area contributed by atoms with Gasteiger partial charge in [0.15, 0.2) is 0 Å². The van der Waals surface area contributed by atoms with Crippen LogP contribution in [0.3, 0.4) is 0 Å². The zero-order chi connectivity index (χ0) is 11.6. The van der Waals surface area contributed by atoms with E-state index in [4.69, 9.17) is 0 Å². The number of carbonyl (C=O) groups excluding carboxylic acids is 1. The molecule has 0 bridgehead atoms. The van der Waals surface area contributed by atoms with Crippen molar-refractivity contribution in [2.45, 2.75) is 20.8 Å². The summed E-state index contributed by atoms with van der Waals surface area (Å²) in [5, 5.41) is 2.82. The van der Waals surface area contributed by atoms with Gasteiger partial charge in [-0.1, -0.05) is 22.5 Å². The summed E-state index contributed by atoms with van der Waals surface area (Å²) < 4.78 is 1.00. The lowest BCUT2D eigenvalue weighted by Gasteiger charge is -2.14. The first kappa shape index (κ1) is 12.0. The second-order valence-corrected chi connectivity index (χ2v) is 4.35. The maximum Gasteiger partial charge on any atom is 0.247 e. The molecule has 2 nitrogen and oxygen atoms in total. The number of anilines is 1. The van der Waals surface area contributed by atoms with Crippen molar-refractivity contribution < 1.29 is 4.79 Å². The van der Waals surface area contributed by atoms with Crippen molar-refractivity contribution in [3.8, 4) is 0 Å². The van der Waals surface area contributed by atoms with Crippen LogP contribution in [0, 0.1) is 20.8 Å². The van der Waals surface area contributed by atoms with Gasteiger partial charge in [0.25, 0.3) is 0 Å². The van der Waals surface area contributed by atoms with Crippen molar-refractivity contribution in [3.05, 3.63) is 39.9 Å². The average Bonchev–Trinajstić information content (AvgIpc) is 2.21. The molecule has 1 aromatic carbocycles. The van der Waals surface area contributed by atoms with Gasteiger partial charge in [0.05, 0.1) is 0 Å². The number of carbonyl (C=O) groups is 1. The van der Waals surface area contributed by atoms with Crippen LogP contribution in [0.2, 0.25) is 0 Å². The zero-order valence-electron chi connectivity index (χ0n) is 9.15. The fraction of sp³-hybridized carbons (Fsp3) is 0.250. The summed E-state index contributed by atoms with van der Waals surface area (Å²) >= 11 is 3.47. The Morgan fingerprint density at radius 1 is 1.40 bits per heavy atom. The van der Waals surface area contributed by atoms with Crippen LogP contribution >= 0.6 is 15.9 Å². The van der Waals surface area contributed by atoms with E-state index in [1.165, 1.54) is 6.08 Å². The Labute approximate surface area is 98.5 Å². The third-order valence-electron chi connectivity index (χ3n) is 2.48. The van der Waals surface area contributed by atoms with Gasteiger partial charge in [-0.3, -0.25) is 4.79 Å². The molecule has 0 fully saturated rings. The highest BCUT2D eigenvalue weighted by Crippen LogP contribution is 2.30. The van der Waals surface area contributed by atoms with Crippen molar-refractivity contribution in [1.82, 2.24) is 0 Å². The zero-order valence-corrected chi connectivity index (χ0v) is 10.7. The second kappa shape index (κ2) is 4.62. The van der Waals surface area contributed by atoms with Crippen LogP contribution in [0.4, 0.5) is 5.69 Å². The summed E-state index contributed by atoms with van der Waals surface area (Å²) in [5.41, 5.74) is 4.14. The van der Waals surface area contributed by atoms with Gasteiger partial charge in [-0.25, -0.2) is 0 Å². The normalized spacial score (nSPS) is 9.87. The summed E-state index contributed by atoms with van der Waals surface area (Å²) in [6.45, 7) is 9.42. The van der Waals surface area contributed by atoms with E-state index in [2.05, 4.69) is 27.8 Å². The minimum Gasteiger partial charge on any atom is -0.322 e. The second-order valence-electron chi connectivity index (χ2n) is 3.49. The van der Waals surface area contributed by atoms with Gasteiger partial charge in [-0.05, 0) is 49.6 Å². The van der Waals surface area contributed by atoms with Gasteiger partial charge in [0.1, 0.15) is 0 Å². The minimum atomic E-state index is -0.182. The van der Waals surface area contributed by atoms with Gasteiger partial charge in [-0.15, -0.1) is 0 Å². The predicted molar refractivity (Wildman–Crippen MR) is 67.2 cm³/mol. The first-order chi connectivity index (χ1) is 6.97. The number of aryl methyl sites for hydroxylation is 1. The number of nitrogens with one attached hydrogen (secondary N) is 1. The molecule has 0 aliphatic heterocycles. The molecule has 0 radical (unpaired) electrons. The van der Waals surface area contributed by atoms with Gasteiger partial charge in [0, 0.05) is 10.2 Å². The number of hydrogen-bond acceptors (Lipinski definition) is 1. The van der Waals surface area contributed by atoms with Gasteiger partial charge >= 0.3 is 0 Å². The average molecular weight is 268 g/mol. The Balaban J connectivity index is 3.26. The smallest absolute Gasteiger partial charge is 0.247 e. The van der Waals surface area contributed by atoms with Crippen molar-refractivity contribution in [1.29, 1.82) is 0 Å². The Hall–Kier alpha value is -1.09. The third-order valence-corrected chi connectivity index (χ3v) is 3.30. The van der Waals surface area contributed by atoms with Crippen LogP contribution in [0.1, 0.15) is 16.7 Å². The van der Waals surface area contributed by atoms with Crippen molar-refractivity contribution in [2.75, 3.05) is 5.32 Å². The van der Waals surface area contributed by atoms with Crippen molar-refractivity contribution >= 4 is 27.5 Å². The molecular formula is C12H14BrNO. The lowest BCUT2D eigenvalue weighted by atomic mass is 10.0. The molecule has 1 N–H and O–H groups in total. The molecule has 80 valence electrons. The molecule has 1 amide bonds. The summed E-state index contributed by atoms with van der Waals surface area (Å²) in [4.78, 5) is 11.3. The maximum atomic E-state index is 11.3. The molecule has 0 aliphatic carbocycles. The Morgan fingerprint density at radius 2 is 2.00 bits per heavy atom. The summed E-state index contributed by atoms with van der Waals surface area (Å²) in [6.07, 6.45) is 1.27. The molecule has 3 heteroatoms.